The molecule has 0 amide bonds. The average Bonchev–Trinajstić information content (AvgIpc) is 2.97. The number of phenolic OH excluding ortho intramolecular Hbond substituents is 1. The number of phenols is 1. The monoisotopic (exact) mass is 432 g/mol. The van der Waals surface area contributed by atoms with Crippen LogP contribution < -0.4 is 16.4 Å². The van der Waals surface area contributed by atoms with E-state index in [9.17, 15) is 5.11 Å². The third-order valence-electron chi connectivity index (χ3n) is 5.29. The summed E-state index contributed by atoms with van der Waals surface area (Å²) in [6.07, 6.45) is 4.04. The van der Waals surface area contributed by atoms with E-state index >= 15 is 0 Å². The van der Waals surface area contributed by atoms with Gasteiger partial charge in [-0.1, -0.05) is 18.1 Å². The molecule has 0 saturated carbocycles. The minimum atomic E-state index is -0.118. The molecule has 0 radical (unpaired) electrons. The Kier molecular flexibility index (Phi) is 7.41. The lowest BCUT2D eigenvalue weighted by Crippen LogP contribution is -2.37. The Morgan fingerprint density at radius 2 is 2.03 bits per heavy atom. The summed E-state index contributed by atoms with van der Waals surface area (Å²) in [4.78, 5) is 12.9. The summed E-state index contributed by atoms with van der Waals surface area (Å²) < 4.78 is 0. The van der Waals surface area contributed by atoms with Crippen molar-refractivity contribution in [1.82, 2.24) is 14.9 Å². The van der Waals surface area contributed by atoms with Crippen LogP contribution in [0.4, 0.5) is 5.82 Å². The van der Waals surface area contributed by atoms with E-state index in [1.54, 1.807) is 30.5 Å². The Labute approximate surface area is 187 Å². The number of hydrogen-bond acceptors (Lipinski definition) is 8. The van der Waals surface area contributed by atoms with Gasteiger partial charge in [0.15, 0.2) is 0 Å². The molecule has 1 aromatic carbocycles. The molecule has 9 nitrogen and oxygen atoms in total. The zero-order chi connectivity index (χ0) is 23.1. The molecule has 1 aliphatic rings. The van der Waals surface area contributed by atoms with Crippen molar-refractivity contribution in [2.45, 2.75) is 19.4 Å². The van der Waals surface area contributed by atoms with Crippen molar-refractivity contribution in [2.24, 2.45) is 11.5 Å². The number of hydrogen-bond donors (Lipinski definition) is 5. The van der Waals surface area contributed by atoms with Crippen molar-refractivity contribution >= 4 is 17.4 Å². The van der Waals surface area contributed by atoms with Gasteiger partial charge in [-0.25, -0.2) is 9.97 Å². The molecular weight excluding hydrogens is 404 g/mol. The van der Waals surface area contributed by atoms with Crippen molar-refractivity contribution in [2.75, 3.05) is 31.1 Å². The van der Waals surface area contributed by atoms with E-state index in [1.807, 2.05) is 11.0 Å². The van der Waals surface area contributed by atoms with Crippen molar-refractivity contribution in [1.29, 1.82) is 10.8 Å². The highest BCUT2D eigenvalue weighted by atomic mass is 16.3. The average molecular weight is 433 g/mol. The molecule has 32 heavy (non-hydrogen) atoms. The molecule has 0 spiro atoms. The van der Waals surface area contributed by atoms with Crippen LogP contribution in [0.15, 0.2) is 48.3 Å². The fourth-order valence-electron chi connectivity index (χ4n) is 3.60. The summed E-state index contributed by atoms with van der Waals surface area (Å²) in [5, 5.41) is 26.5. The largest absolute Gasteiger partial charge is 0.507 e. The second kappa shape index (κ2) is 10.4. The smallest absolute Gasteiger partial charge is 0.206 e. The topological polar surface area (TPSA) is 152 Å². The van der Waals surface area contributed by atoms with Gasteiger partial charge < -0.3 is 31.8 Å². The zero-order valence-electron chi connectivity index (χ0n) is 18.0. The van der Waals surface area contributed by atoms with Gasteiger partial charge in [-0.3, -0.25) is 5.41 Å². The van der Waals surface area contributed by atoms with Crippen LogP contribution in [-0.2, 0) is 0 Å². The molecule has 3 rings (SSSR count). The molecule has 2 aromatic rings. The molecule has 1 fully saturated rings. The number of rotatable bonds is 5. The highest BCUT2D eigenvalue weighted by Crippen LogP contribution is 2.22. The van der Waals surface area contributed by atoms with Crippen LogP contribution in [0.1, 0.15) is 24.7 Å². The van der Waals surface area contributed by atoms with Crippen molar-refractivity contribution < 1.29 is 5.11 Å². The van der Waals surface area contributed by atoms with Gasteiger partial charge in [-0.2, -0.15) is 0 Å². The predicted molar refractivity (Wildman–Crippen MR) is 126 cm³/mol. The Morgan fingerprint density at radius 1 is 1.25 bits per heavy atom. The molecule has 9 heteroatoms. The van der Waals surface area contributed by atoms with Crippen LogP contribution in [0.2, 0.25) is 0 Å². The minimum Gasteiger partial charge on any atom is -0.507 e. The van der Waals surface area contributed by atoms with Crippen LogP contribution in [0, 0.1) is 22.7 Å². The summed E-state index contributed by atoms with van der Waals surface area (Å²) in [5.74, 6) is 6.75. The summed E-state index contributed by atoms with van der Waals surface area (Å²) in [5.41, 5.74) is 12.3. The van der Waals surface area contributed by atoms with Gasteiger partial charge >= 0.3 is 0 Å². The van der Waals surface area contributed by atoms with Crippen LogP contribution in [-0.4, -0.2) is 63.7 Å². The maximum absolute atomic E-state index is 10.1. The minimum absolute atomic E-state index is 0.0182. The number of allylic oxidation sites excluding steroid dienone is 1. The number of aromatic hydroxyl groups is 1. The van der Waals surface area contributed by atoms with Crippen LogP contribution >= 0.6 is 0 Å². The van der Waals surface area contributed by atoms with Crippen LogP contribution in [0.3, 0.4) is 0 Å². The van der Waals surface area contributed by atoms with Crippen LogP contribution in [0.25, 0.3) is 0 Å². The third-order valence-corrected chi connectivity index (χ3v) is 5.29. The van der Waals surface area contributed by atoms with Crippen molar-refractivity contribution in [3.8, 4) is 17.6 Å². The number of para-hydroxylation sites is 1. The molecule has 1 atom stereocenters. The first-order valence-corrected chi connectivity index (χ1v) is 10.4. The standard InChI is InChI=1S/C23H28N8O/c1-16-9-12-30(13-14-31(16)22-8-11-28-21(29-22)7-4-10-24)19(23(26)27)15-18(25)17-5-2-3-6-20(17)32/h2-3,5-6,8,11,15-16,25,32H,9-10,12-14,24H2,1H3,(H3,26,27)/b19-15+,25-18?/t16-/m1/s1. The van der Waals surface area contributed by atoms with Gasteiger partial charge in [0.1, 0.15) is 17.4 Å². The number of nitrogens with two attached hydrogens (primary N) is 2. The number of amidine groups is 1. The van der Waals surface area contributed by atoms with E-state index in [2.05, 4.69) is 33.6 Å². The third kappa shape index (κ3) is 5.42. The van der Waals surface area contributed by atoms with E-state index in [1.165, 1.54) is 6.07 Å². The van der Waals surface area contributed by atoms with Gasteiger partial charge in [-0.15, -0.1) is 0 Å². The first-order chi connectivity index (χ1) is 15.4. The fraction of sp³-hybridized carbons (Fsp3) is 0.304. The van der Waals surface area contributed by atoms with E-state index in [0.717, 1.165) is 12.2 Å². The van der Waals surface area contributed by atoms with E-state index in [-0.39, 0.29) is 29.9 Å². The molecule has 7 N–H and O–H groups in total. The quantitative estimate of drug-likeness (QED) is 0.271. The van der Waals surface area contributed by atoms with Gasteiger partial charge in [0, 0.05) is 37.4 Å². The highest BCUT2D eigenvalue weighted by molar-refractivity contribution is 6.12. The van der Waals surface area contributed by atoms with Gasteiger partial charge in [-0.05, 0) is 43.5 Å². The normalized spacial score (nSPS) is 16.7. The predicted octanol–water partition coefficient (Wildman–Crippen LogP) is 1.28. The molecule has 1 saturated heterocycles. The van der Waals surface area contributed by atoms with Gasteiger partial charge in [0.05, 0.1) is 18.0 Å². The van der Waals surface area contributed by atoms with E-state index in [0.29, 0.717) is 36.7 Å². The van der Waals surface area contributed by atoms with E-state index in [4.69, 9.17) is 22.3 Å². The Hall–Kier alpha value is -3.90. The number of nitrogens with one attached hydrogen (secondary N) is 2. The molecule has 166 valence electrons. The maximum Gasteiger partial charge on any atom is 0.206 e. The Bertz CT molecular complexity index is 1080. The lowest BCUT2D eigenvalue weighted by Gasteiger charge is -2.28. The van der Waals surface area contributed by atoms with Gasteiger partial charge in [0.25, 0.3) is 0 Å². The second-order valence-electron chi connectivity index (χ2n) is 7.44. The SMILES string of the molecule is C[C@@H]1CCN(/C(=C/C(=N)c2ccccc2O)C(=N)N)CCN1c1ccnc(C#CCN)n1. The molecule has 0 bridgehead atoms. The fourth-order valence-corrected chi connectivity index (χ4v) is 3.60. The molecule has 0 unspecified atom stereocenters. The first kappa shape index (κ1) is 22.8. The first-order valence-electron chi connectivity index (χ1n) is 10.4. The number of benzene rings is 1. The number of aromatic nitrogens is 2. The highest BCUT2D eigenvalue weighted by Gasteiger charge is 2.24. The zero-order valence-corrected chi connectivity index (χ0v) is 18.0. The molecule has 2 heterocycles. The van der Waals surface area contributed by atoms with Crippen molar-refractivity contribution in [3.05, 3.63) is 59.7 Å². The number of nitrogens with zero attached hydrogens (tertiary/aromatic N) is 4. The summed E-state index contributed by atoms with van der Waals surface area (Å²) in [7, 11) is 0. The maximum atomic E-state index is 10.1. The van der Waals surface area contributed by atoms with E-state index < -0.39 is 0 Å². The Balaban J connectivity index is 1.82. The molecular formula is C23H28N8O. The number of anilines is 1. The van der Waals surface area contributed by atoms with Gasteiger partial charge in [0.2, 0.25) is 5.82 Å². The Morgan fingerprint density at radius 3 is 2.75 bits per heavy atom. The summed E-state index contributed by atoms with van der Waals surface area (Å²) in [6.45, 7) is 4.28. The lowest BCUT2D eigenvalue weighted by molar-refractivity contribution is 0.381. The van der Waals surface area contributed by atoms with Crippen LogP contribution in [0.5, 0.6) is 5.75 Å². The molecule has 1 aromatic heterocycles. The summed E-state index contributed by atoms with van der Waals surface area (Å²) in [6, 6.07) is 8.70. The molecule has 1 aliphatic heterocycles. The summed E-state index contributed by atoms with van der Waals surface area (Å²) >= 11 is 0. The lowest BCUT2D eigenvalue weighted by atomic mass is 10.1. The van der Waals surface area contributed by atoms with Crippen molar-refractivity contribution in [3.63, 3.8) is 0 Å². The second-order valence-corrected chi connectivity index (χ2v) is 7.44. The molecule has 0 aliphatic carbocycles.